The molecule has 0 fully saturated rings. The molecule has 1 unspecified atom stereocenters. The summed E-state index contributed by atoms with van der Waals surface area (Å²) in [4.78, 5) is 26.3. The number of methoxy groups -OCH3 is 2. The molecule has 0 aromatic heterocycles. The van der Waals surface area contributed by atoms with E-state index in [1.54, 1.807) is 31.2 Å². The van der Waals surface area contributed by atoms with Crippen molar-refractivity contribution in [2.24, 2.45) is 0 Å². The van der Waals surface area contributed by atoms with E-state index >= 15 is 0 Å². The number of nitrogens with one attached hydrogen (secondary N) is 1. The Labute approximate surface area is 239 Å². The first kappa shape index (κ1) is 29.1. The molecule has 1 heterocycles. The molecule has 8 heteroatoms. The average molecular weight is 562 g/mol. The van der Waals surface area contributed by atoms with Crippen LogP contribution in [-0.2, 0) is 23.8 Å². The van der Waals surface area contributed by atoms with E-state index in [1.807, 2.05) is 36.4 Å². The van der Waals surface area contributed by atoms with E-state index < -0.39 is 24.1 Å². The molecule has 0 amide bonds. The van der Waals surface area contributed by atoms with Crippen molar-refractivity contribution in [2.75, 3.05) is 20.8 Å². The van der Waals surface area contributed by atoms with Gasteiger partial charge in [-0.05, 0) is 42.2 Å². The first-order valence-corrected chi connectivity index (χ1v) is 13.3. The van der Waals surface area contributed by atoms with Crippen molar-refractivity contribution >= 4 is 23.5 Å². The molecule has 40 heavy (non-hydrogen) atoms. The Hall–Kier alpha value is -3.91. The van der Waals surface area contributed by atoms with Crippen LogP contribution in [0.3, 0.4) is 0 Å². The maximum atomic E-state index is 13.9. The van der Waals surface area contributed by atoms with Crippen molar-refractivity contribution in [1.82, 2.24) is 5.32 Å². The summed E-state index contributed by atoms with van der Waals surface area (Å²) in [5.41, 5.74) is 3.48. The van der Waals surface area contributed by atoms with Crippen LogP contribution in [0.4, 0.5) is 0 Å². The number of hydrogen-bond acceptors (Lipinski definition) is 6. The zero-order valence-electron chi connectivity index (χ0n) is 22.6. The lowest BCUT2D eigenvalue weighted by molar-refractivity contribution is -0.140. The van der Waals surface area contributed by atoms with Gasteiger partial charge < -0.3 is 24.6 Å². The van der Waals surface area contributed by atoms with Gasteiger partial charge in [0.05, 0.1) is 29.4 Å². The highest BCUT2D eigenvalue weighted by atomic mass is 35.5. The number of carboxylic acids is 1. The zero-order chi connectivity index (χ0) is 28.6. The first-order valence-electron chi connectivity index (χ1n) is 12.9. The number of hydrogen-bond donors (Lipinski definition) is 2. The lowest BCUT2D eigenvalue weighted by atomic mass is 9.80. The monoisotopic (exact) mass is 561 g/mol. The number of halogens is 1. The van der Waals surface area contributed by atoms with Crippen molar-refractivity contribution in [3.63, 3.8) is 0 Å². The Bertz CT molecular complexity index is 1360. The predicted octanol–water partition coefficient (Wildman–Crippen LogP) is 6.02. The van der Waals surface area contributed by atoms with Crippen LogP contribution in [0.2, 0.25) is 5.02 Å². The van der Waals surface area contributed by atoms with Gasteiger partial charge in [0.1, 0.15) is 0 Å². The van der Waals surface area contributed by atoms with Crippen LogP contribution in [0.15, 0.2) is 107 Å². The van der Waals surface area contributed by atoms with E-state index in [4.69, 9.17) is 25.8 Å². The molecule has 4 rings (SSSR count). The van der Waals surface area contributed by atoms with Gasteiger partial charge in [0.2, 0.25) is 0 Å². The van der Waals surface area contributed by atoms with Crippen LogP contribution in [0, 0.1) is 0 Å². The minimum absolute atomic E-state index is 0.000669. The highest BCUT2D eigenvalue weighted by Gasteiger charge is 2.40. The standard InChI is InChI=1S/C32H32ClNO6/c1-20-26(30(35)36)27(23-15-10-16-24(33)19-23)28(29(34-20)32(38-2)39-3)31(37)40-18-17-25(21-11-6-4-7-12-21)22-13-8-5-9-14-22/h4-16,19,25,27,32,34H,17-18H2,1-3H3,(H,35,36). The second-order valence-corrected chi connectivity index (χ2v) is 9.82. The fourth-order valence-electron chi connectivity index (χ4n) is 5.15. The number of ether oxygens (including phenoxy) is 3. The average Bonchev–Trinajstić information content (AvgIpc) is 2.96. The summed E-state index contributed by atoms with van der Waals surface area (Å²) in [6.07, 6.45) is -0.438. The van der Waals surface area contributed by atoms with E-state index in [9.17, 15) is 14.7 Å². The van der Waals surface area contributed by atoms with Gasteiger partial charge >= 0.3 is 11.9 Å². The molecule has 0 saturated carbocycles. The van der Waals surface area contributed by atoms with E-state index in [-0.39, 0.29) is 29.4 Å². The van der Waals surface area contributed by atoms with Crippen LogP contribution >= 0.6 is 11.6 Å². The first-order chi connectivity index (χ1) is 19.3. The number of carboxylic acid groups (broad SMARTS) is 1. The SMILES string of the molecule is COC(OC)C1=C(C(=O)OCCC(c2ccccc2)c2ccccc2)C(c2cccc(Cl)c2)C(C(=O)O)=C(C)N1. The molecule has 1 aliphatic heterocycles. The van der Waals surface area contributed by atoms with Crippen LogP contribution in [-0.4, -0.2) is 44.2 Å². The second kappa shape index (κ2) is 13.4. The predicted molar refractivity (Wildman–Crippen MR) is 153 cm³/mol. The number of rotatable bonds is 11. The lowest BCUT2D eigenvalue weighted by Gasteiger charge is -2.33. The molecule has 7 nitrogen and oxygen atoms in total. The summed E-state index contributed by atoms with van der Waals surface area (Å²) in [5, 5.41) is 13.6. The maximum Gasteiger partial charge on any atom is 0.336 e. The molecular weight excluding hydrogens is 530 g/mol. The molecule has 0 spiro atoms. The largest absolute Gasteiger partial charge is 0.478 e. The highest BCUT2D eigenvalue weighted by molar-refractivity contribution is 6.30. The summed E-state index contributed by atoms with van der Waals surface area (Å²) in [5.74, 6) is -2.80. The van der Waals surface area contributed by atoms with Crippen LogP contribution < -0.4 is 5.32 Å². The number of dihydropyridines is 1. The Morgan fingerprint density at radius 1 is 0.900 bits per heavy atom. The number of benzene rings is 3. The van der Waals surface area contributed by atoms with Gasteiger partial charge in [0.15, 0.2) is 6.29 Å². The summed E-state index contributed by atoms with van der Waals surface area (Å²) < 4.78 is 16.8. The smallest absolute Gasteiger partial charge is 0.336 e. The van der Waals surface area contributed by atoms with Gasteiger partial charge in [0, 0.05) is 30.9 Å². The van der Waals surface area contributed by atoms with Gasteiger partial charge in [-0.15, -0.1) is 0 Å². The Morgan fingerprint density at radius 3 is 2.02 bits per heavy atom. The minimum atomic E-state index is -1.17. The molecule has 0 aliphatic carbocycles. The summed E-state index contributed by atoms with van der Waals surface area (Å²) in [6, 6.07) is 26.8. The van der Waals surface area contributed by atoms with E-state index in [0.29, 0.717) is 22.7 Å². The van der Waals surface area contributed by atoms with E-state index in [1.165, 1.54) is 14.2 Å². The third-order valence-corrected chi connectivity index (χ3v) is 7.17. The Morgan fingerprint density at radius 2 is 1.50 bits per heavy atom. The molecule has 0 radical (unpaired) electrons. The molecule has 3 aromatic rings. The quantitative estimate of drug-likeness (QED) is 0.218. The van der Waals surface area contributed by atoms with Crippen molar-refractivity contribution in [2.45, 2.75) is 31.5 Å². The maximum absolute atomic E-state index is 13.9. The van der Waals surface area contributed by atoms with Gasteiger partial charge in [-0.2, -0.15) is 0 Å². The number of esters is 1. The minimum Gasteiger partial charge on any atom is -0.478 e. The van der Waals surface area contributed by atoms with E-state index in [0.717, 1.165) is 11.1 Å². The van der Waals surface area contributed by atoms with Crippen molar-refractivity contribution in [1.29, 1.82) is 0 Å². The number of allylic oxidation sites excluding steroid dienone is 1. The molecular formula is C32H32ClNO6. The molecule has 2 N–H and O–H groups in total. The van der Waals surface area contributed by atoms with Crippen molar-refractivity contribution in [3.05, 3.63) is 129 Å². The number of carbonyl (C=O) groups excluding carboxylic acids is 1. The van der Waals surface area contributed by atoms with Crippen LogP contribution in [0.25, 0.3) is 0 Å². The number of aliphatic carboxylic acids is 1. The summed E-state index contributed by atoms with van der Waals surface area (Å²) >= 11 is 6.28. The van der Waals surface area contributed by atoms with Crippen LogP contribution in [0.1, 0.15) is 41.9 Å². The molecule has 1 aliphatic rings. The topological polar surface area (TPSA) is 94.1 Å². The van der Waals surface area contributed by atoms with E-state index in [2.05, 4.69) is 29.6 Å². The fraction of sp³-hybridized carbons (Fsp3) is 0.250. The normalized spacial score (nSPS) is 15.4. The Kier molecular flexibility index (Phi) is 9.77. The zero-order valence-corrected chi connectivity index (χ0v) is 23.4. The van der Waals surface area contributed by atoms with Crippen molar-refractivity contribution < 1.29 is 28.9 Å². The number of carbonyl (C=O) groups is 2. The van der Waals surface area contributed by atoms with Crippen molar-refractivity contribution in [3.8, 4) is 0 Å². The Balaban J connectivity index is 1.70. The van der Waals surface area contributed by atoms with Gasteiger partial charge in [0.25, 0.3) is 0 Å². The molecule has 0 saturated heterocycles. The third kappa shape index (κ3) is 6.45. The van der Waals surface area contributed by atoms with Crippen LogP contribution in [0.5, 0.6) is 0 Å². The van der Waals surface area contributed by atoms with Gasteiger partial charge in [-0.3, -0.25) is 0 Å². The molecule has 3 aromatic carbocycles. The summed E-state index contributed by atoms with van der Waals surface area (Å²) in [6.45, 7) is 1.73. The summed E-state index contributed by atoms with van der Waals surface area (Å²) in [7, 11) is 2.88. The lowest BCUT2D eigenvalue weighted by Crippen LogP contribution is -2.38. The molecule has 0 bridgehead atoms. The highest BCUT2D eigenvalue weighted by Crippen LogP contribution is 2.41. The third-order valence-electron chi connectivity index (χ3n) is 6.93. The molecule has 208 valence electrons. The molecule has 1 atom stereocenters. The fourth-order valence-corrected chi connectivity index (χ4v) is 5.34. The van der Waals surface area contributed by atoms with Gasteiger partial charge in [-0.25, -0.2) is 9.59 Å². The second-order valence-electron chi connectivity index (χ2n) is 9.39. The van der Waals surface area contributed by atoms with Gasteiger partial charge in [-0.1, -0.05) is 84.4 Å².